The number of rotatable bonds is 3. The van der Waals surface area contributed by atoms with Gasteiger partial charge < -0.3 is 4.90 Å². The first kappa shape index (κ1) is 15.2. The molecule has 1 fully saturated rings. The number of piperazine rings is 1. The standard InChI is InChI=1S/C17H18BrN3O/c18-15-5-3-4-14(12-15)17(22)21-10-8-20(9-11-21)13-16-6-1-2-7-19-16/h1-7,12H,8-11,13H2. The maximum Gasteiger partial charge on any atom is 0.253 e. The number of nitrogens with zero attached hydrogens (tertiary/aromatic N) is 3. The molecule has 1 aliphatic rings. The summed E-state index contributed by atoms with van der Waals surface area (Å²) in [4.78, 5) is 21.1. The van der Waals surface area contributed by atoms with Gasteiger partial charge in [-0.2, -0.15) is 0 Å². The monoisotopic (exact) mass is 359 g/mol. The number of halogens is 1. The van der Waals surface area contributed by atoms with Gasteiger partial charge in [0.05, 0.1) is 5.69 Å². The van der Waals surface area contributed by atoms with E-state index in [1.54, 1.807) is 0 Å². The SMILES string of the molecule is O=C(c1cccc(Br)c1)N1CCN(Cc2ccccn2)CC1. The Bertz CT molecular complexity index is 639. The smallest absolute Gasteiger partial charge is 0.253 e. The van der Waals surface area contributed by atoms with Crippen LogP contribution >= 0.6 is 15.9 Å². The second kappa shape index (κ2) is 7.03. The Kier molecular flexibility index (Phi) is 4.85. The molecule has 1 aromatic carbocycles. The quantitative estimate of drug-likeness (QED) is 0.845. The van der Waals surface area contributed by atoms with Crippen LogP contribution in [0.4, 0.5) is 0 Å². The van der Waals surface area contributed by atoms with Crippen molar-refractivity contribution in [3.05, 3.63) is 64.4 Å². The topological polar surface area (TPSA) is 36.4 Å². The lowest BCUT2D eigenvalue weighted by Crippen LogP contribution is -2.48. The third-order valence-electron chi connectivity index (χ3n) is 3.84. The second-order valence-electron chi connectivity index (χ2n) is 5.40. The van der Waals surface area contributed by atoms with Crippen molar-refractivity contribution in [2.75, 3.05) is 26.2 Å². The molecule has 3 rings (SSSR count). The van der Waals surface area contributed by atoms with Crippen LogP contribution in [0.1, 0.15) is 16.1 Å². The highest BCUT2D eigenvalue weighted by molar-refractivity contribution is 9.10. The Morgan fingerprint density at radius 1 is 1.09 bits per heavy atom. The molecule has 22 heavy (non-hydrogen) atoms. The fourth-order valence-electron chi connectivity index (χ4n) is 2.63. The lowest BCUT2D eigenvalue weighted by Gasteiger charge is -2.34. The van der Waals surface area contributed by atoms with E-state index in [2.05, 4.69) is 25.8 Å². The number of carbonyl (C=O) groups is 1. The molecular formula is C17H18BrN3O. The van der Waals surface area contributed by atoms with Gasteiger partial charge in [-0.25, -0.2) is 0 Å². The van der Waals surface area contributed by atoms with E-state index in [9.17, 15) is 4.79 Å². The summed E-state index contributed by atoms with van der Waals surface area (Å²) in [6.07, 6.45) is 1.82. The Labute approximate surface area is 138 Å². The highest BCUT2D eigenvalue weighted by Gasteiger charge is 2.22. The maximum absolute atomic E-state index is 12.5. The number of hydrogen-bond donors (Lipinski definition) is 0. The number of amides is 1. The van der Waals surface area contributed by atoms with Crippen molar-refractivity contribution in [2.45, 2.75) is 6.54 Å². The first-order valence-electron chi connectivity index (χ1n) is 7.39. The van der Waals surface area contributed by atoms with Crippen molar-refractivity contribution in [1.82, 2.24) is 14.8 Å². The molecule has 0 bridgehead atoms. The summed E-state index contributed by atoms with van der Waals surface area (Å²) >= 11 is 3.42. The zero-order chi connectivity index (χ0) is 15.4. The lowest BCUT2D eigenvalue weighted by atomic mass is 10.2. The first-order valence-corrected chi connectivity index (χ1v) is 8.19. The van der Waals surface area contributed by atoms with Gasteiger partial charge in [0.25, 0.3) is 5.91 Å². The zero-order valence-corrected chi connectivity index (χ0v) is 13.9. The molecule has 2 heterocycles. The van der Waals surface area contributed by atoms with Crippen LogP contribution in [-0.4, -0.2) is 46.9 Å². The van der Waals surface area contributed by atoms with E-state index in [-0.39, 0.29) is 5.91 Å². The van der Waals surface area contributed by atoms with Gasteiger partial charge in [0.2, 0.25) is 0 Å². The third kappa shape index (κ3) is 3.72. The van der Waals surface area contributed by atoms with Crippen molar-refractivity contribution < 1.29 is 4.79 Å². The molecule has 1 aromatic heterocycles. The fraction of sp³-hybridized carbons (Fsp3) is 0.294. The molecule has 0 unspecified atom stereocenters. The Morgan fingerprint density at radius 2 is 1.91 bits per heavy atom. The molecule has 1 saturated heterocycles. The average molecular weight is 360 g/mol. The molecule has 114 valence electrons. The predicted octanol–water partition coefficient (Wildman–Crippen LogP) is 2.80. The van der Waals surface area contributed by atoms with Crippen molar-refractivity contribution in [3.8, 4) is 0 Å². The number of benzene rings is 1. The summed E-state index contributed by atoms with van der Waals surface area (Å²) in [7, 11) is 0. The molecule has 5 heteroatoms. The second-order valence-corrected chi connectivity index (χ2v) is 6.32. The highest BCUT2D eigenvalue weighted by Crippen LogP contribution is 2.15. The summed E-state index contributed by atoms with van der Waals surface area (Å²) in [5.74, 6) is 0.110. The van der Waals surface area contributed by atoms with Crippen LogP contribution in [0.25, 0.3) is 0 Å². The summed E-state index contributed by atoms with van der Waals surface area (Å²) in [6, 6.07) is 13.6. The van der Waals surface area contributed by atoms with Crippen molar-refractivity contribution in [1.29, 1.82) is 0 Å². The van der Waals surface area contributed by atoms with E-state index in [4.69, 9.17) is 0 Å². The average Bonchev–Trinajstić information content (AvgIpc) is 2.56. The van der Waals surface area contributed by atoms with Gasteiger partial charge in [-0.15, -0.1) is 0 Å². The van der Waals surface area contributed by atoms with Crippen LogP contribution in [0.5, 0.6) is 0 Å². The van der Waals surface area contributed by atoms with E-state index in [0.29, 0.717) is 0 Å². The summed E-state index contributed by atoms with van der Waals surface area (Å²) in [5.41, 5.74) is 1.82. The Balaban J connectivity index is 1.56. The minimum absolute atomic E-state index is 0.110. The molecule has 0 N–H and O–H groups in total. The van der Waals surface area contributed by atoms with Gasteiger partial charge in [0.15, 0.2) is 0 Å². The fourth-order valence-corrected chi connectivity index (χ4v) is 3.03. The number of carbonyl (C=O) groups excluding carboxylic acids is 1. The molecule has 1 amide bonds. The van der Waals surface area contributed by atoms with Gasteiger partial charge >= 0.3 is 0 Å². The molecule has 0 spiro atoms. The van der Waals surface area contributed by atoms with Crippen molar-refractivity contribution >= 4 is 21.8 Å². The molecular weight excluding hydrogens is 342 g/mol. The summed E-state index contributed by atoms with van der Waals surface area (Å²) < 4.78 is 0.937. The predicted molar refractivity (Wildman–Crippen MR) is 89.6 cm³/mol. The molecule has 0 saturated carbocycles. The van der Waals surface area contributed by atoms with Gasteiger partial charge in [-0.3, -0.25) is 14.7 Å². The van der Waals surface area contributed by atoms with Crippen LogP contribution in [0.2, 0.25) is 0 Å². The van der Waals surface area contributed by atoms with Crippen LogP contribution in [0.3, 0.4) is 0 Å². The Hall–Kier alpha value is -1.72. The van der Waals surface area contributed by atoms with E-state index in [0.717, 1.165) is 48.5 Å². The minimum atomic E-state index is 0.110. The minimum Gasteiger partial charge on any atom is -0.336 e. The summed E-state index contributed by atoms with van der Waals surface area (Å²) in [5, 5.41) is 0. The Morgan fingerprint density at radius 3 is 2.59 bits per heavy atom. The van der Waals surface area contributed by atoms with Crippen molar-refractivity contribution in [2.24, 2.45) is 0 Å². The molecule has 1 aliphatic heterocycles. The zero-order valence-electron chi connectivity index (χ0n) is 12.3. The molecule has 4 nitrogen and oxygen atoms in total. The van der Waals surface area contributed by atoms with Crippen LogP contribution in [-0.2, 0) is 6.54 Å². The number of pyridine rings is 1. The largest absolute Gasteiger partial charge is 0.336 e. The normalized spacial score (nSPS) is 15.8. The maximum atomic E-state index is 12.5. The molecule has 0 atom stereocenters. The van der Waals surface area contributed by atoms with Crippen molar-refractivity contribution in [3.63, 3.8) is 0 Å². The lowest BCUT2D eigenvalue weighted by molar-refractivity contribution is 0.0627. The molecule has 2 aromatic rings. The highest BCUT2D eigenvalue weighted by atomic mass is 79.9. The van der Waals surface area contributed by atoms with Crippen LogP contribution in [0, 0.1) is 0 Å². The van der Waals surface area contributed by atoms with E-state index >= 15 is 0 Å². The van der Waals surface area contributed by atoms with Gasteiger partial charge in [0, 0.05) is 49.0 Å². The van der Waals surface area contributed by atoms with Gasteiger partial charge in [-0.05, 0) is 30.3 Å². The molecule has 0 radical (unpaired) electrons. The first-order chi connectivity index (χ1) is 10.7. The van der Waals surface area contributed by atoms with E-state index in [1.807, 2.05) is 53.6 Å². The van der Waals surface area contributed by atoms with Gasteiger partial charge in [0.1, 0.15) is 0 Å². The van der Waals surface area contributed by atoms with Crippen LogP contribution in [0.15, 0.2) is 53.1 Å². The third-order valence-corrected chi connectivity index (χ3v) is 4.34. The van der Waals surface area contributed by atoms with Gasteiger partial charge in [-0.1, -0.05) is 28.1 Å². The van der Waals surface area contributed by atoms with E-state index < -0.39 is 0 Å². The number of hydrogen-bond acceptors (Lipinski definition) is 3. The molecule has 0 aliphatic carbocycles. The van der Waals surface area contributed by atoms with E-state index in [1.165, 1.54) is 0 Å². The van der Waals surface area contributed by atoms with Crippen LogP contribution < -0.4 is 0 Å². The number of aromatic nitrogens is 1. The summed E-state index contributed by atoms with van der Waals surface area (Å²) in [6.45, 7) is 4.14.